The van der Waals surface area contributed by atoms with E-state index in [-0.39, 0.29) is 12.3 Å². The minimum Gasteiger partial charge on any atom is -0.392 e. The second-order valence-electron chi connectivity index (χ2n) is 3.65. The zero-order valence-corrected chi connectivity index (χ0v) is 9.43. The van der Waals surface area contributed by atoms with Crippen LogP contribution in [-0.4, -0.2) is 16.0 Å². The summed E-state index contributed by atoms with van der Waals surface area (Å²) < 4.78 is 12.8. The molecule has 5 heteroatoms. The van der Waals surface area contributed by atoms with Crippen LogP contribution in [0.2, 0.25) is 0 Å². The monoisotopic (exact) mass is 246 g/mol. The van der Waals surface area contributed by atoms with Crippen molar-refractivity contribution in [3.63, 3.8) is 0 Å². The Balaban J connectivity index is 2.11. The first-order valence-electron chi connectivity index (χ1n) is 5.33. The Morgan fingerprint density at radius 2 is 1.94 bits per heavy atom. The predicted molar refractivity (Wildman–Crippen MR) is 64.5 cm³/mol. The number of amides is 1. The van der Waals surface area contributed by atoms with Gasteiger partial charge < -0.3 is 10.4 Å². The largest absolute Gasteiger partial charge is 0.392 e. The summed E-state index contributed by atoms with van der Waals surface area (Å²) >= 11 is 0. The van der Waals surface area contributed by atoms with Gasteiger partial charge in [-0.15, -0.1) is 0 Å². The zero-order chi connectivity index (χ0) is 13.0. The lowest BCUT2D eigenvalue weighted by molar-refractivity contribution is 0.102. The van der Waals surface area contributed by atoms with Gasteiger partial charge in [-0.3, -0.25) is 4.79 Å². The van der Waals surface area contributed by atoms with Crippen LogP contribution < -0.4 is 5.32 Å². The summed E-state index contributed by atoms with van der Waals surface area (Å²) in [7, 11) is 0. The van der Waals surface area contributed by atoms with E-state index < -0.39 is 11.9 Å². The number of benzene rings is 1. The van der Waals surface area contributed by atoms with E-state index in [0.29, 0.717) is 5.69 Å². The van der Waals surface area contributed by atoms with Crippen molar-refractivity contribution in [1.29, 1.82) is 0 Å². The van der Waals surface area contributed by atoms with Crippen molar-refractivity contribution in [3.05, 3.63) is 59.7 Å². The fourth-order valence-corrected chi connectivity index (χ4v) is 1.42. The van der Waals surface area contributed by atoms with Gasteiger partial charge >= 0.3 is 0 Å². The van der Waals surface area contributed by atoms with Gasteiger partial charge in [0.1, 0.15) is 5.69 Å². The molecule has 1 aromatic carbocycles. The van der Waals surface area contributed by atoms with Crippen LogP contribution in [0.3, 0.4) is 0 Å². The van der Waals surface area contributed by atoms with Gasteiger partial charge in [0.15, 0.2) is 0 Å². The molecule has 92 valence electrons. The second-order valence-corrected chi connectivity index (χ2v) is 3.65. The summed E-state index contributed by atoms with van der Waals surface area (Å²) in [6.45, 7) is -0.0559. The molecule has 0 bridgehead atoms. The molecular formula is C13H11FN2O2. The van der Waals surface area contributed by atoms with E-state index in [1.165, 1.54) is 18.2 Å². The highest BCUT2D eigenvalue weighted by Crippen LogP contribution is 2.11. The Morgan fingerprint density at radius 1 is 1.22 bits per heavy atom. The fourth-order valence-electron chi connectivity index (χ4n) is 1.42. The van der Waals surface area contributed by atoms with E-state index >= 15 is 0 Å². The number of halogens is 1. The van der Waals surface area contributed by atoms with E-state index in [0.717, 1.165) is 5.56 Å². The van der Waals surface area contributed by atoms with E-state index in [9.17, 15) is 9.18 Å². The van der Waals surface area contributed by atoms with E-state index in [1.54, 1.807) is 24.3 Å². The molecule has 0 aliphatic carbocycles. The highest BCUT2D eigenvalue weighted by Gasteiger charge is 2.08. The van der Waals surface area contributed by atoms with Gasteiger partial charge in [-0.2, -0.15) is 4.39 Å². The molecule has 2 rings (SSSR count). The number of pyridine rings is 1. The Kier molecular flexibility index (Phi) is 3.64. The van der Waals surface area contributed by atoms with Crippen LogP contribution in [0.5, 0.6) is 0 Å². The number of aliphatic hydroxyl groups is 1. The molecular weight excluding hydrogens is 235 g/mol. The van der Waals surface area contributed by atoms with Gasteiger partial charge in [0, 0.05) is 5.69 Å². The van der Waals surface area contributed by atoms with Crippen LogP contribution >= 0.6 is 0 Å². The third-order valence-corrected chi connectivity index (χ3v) is 2.34. The smallest absolute Gasteiger partial charge is 0.274 e. The standard InChI is InChI=1S/C13H11FN2O2/c14-12-3-1-2-11(16-12)13(18)15-10-6-4-9(8-17)5-7-10/h1-7,17H,8H2,(H,15,18). The molecule has 0 aliphatic heterocycles. The summed E-state index contributed by atoms with van der Waals surface area (Å²) in [4.78, 5) is 15.2. The lowest BCUT2D eigenvalue weighted by Gasteiger charge is -2.05. The summed E-state index contributed by atoms with van der Waals surface area (Å²) in [5, 5.41) is 11.5. The third-order valence-electron chi connectivity index (χ3n) is 2.34. The number of hydrogen-bond acceptors (Lipinski definition) is 3. The zero-order valence-electron chi connectivity index (χ0n) is 9.43. The quantitative estimate of drug-likeness (QED) is 0.814. The summed E-state index contributed by atoms with van der Waals surface area (Å²) in [5.74, 6) is -1.18. The molecule has 2 N–H and O–H groups in total. The van der Waals surface area contributed by atoms with Crippen molar-refractivity contribution in [2.24, 2.45) is 0 Å². The van der Waals surface area contributed by atoms with Gasteiger partial charge in [-0.05, 0) is 29.8 Å². The Hall–Kier alpha value is -2.27. The molecule has 1 aromatic heterocycles. The molecule has 0 atom stereocenters. The lowest BCUT2D eigenvalue weighted by atomic mass is 10.2. The minimum atomic E-state index is -0.696. The van der Waals surface area contributed by atoms with Crippen LogP contribution in [0.25, 0.3) is 0 Å². The van der Waals surface area contributed by atoms with Gasteiger partial charge in [-0.1, -0.05) is 18.2 Å². The predicted octanol–water partition coefficient (Wildman–Crippen LogP) is 1.97. The first-order chi connectivity index (χ1) is 8.69. The molecule has 0 aliphatic rings. The molecule has 0 radical (unpaired) electrons. The first kappa shape index (κ1) is 12.2. The topological polar surface area (TPSA) is 62.2 Å². The van der Waals surface area contributed by atoms with Crippen LogP contribution in [0.15, 0.2) is 42.5 Å². The van der Waals surface area contributed by atoms with Gasteiger partial charge in [0.2, 0.25) is 5.95 Å². The average molecular weight is 246 g/mol. The number of aliphatic hydroxyl groups excluding tert-OH is 1. The van der Waals surface area contributed by atoms with Crippen molar-refractivity contribution < 1.29 is 14.3 Å². The molecule has 0 saturated heterocycles. The number of nitrogens with zero attached hydrogens (tertiary/aromatic N) is 1. The summed E-state index contributed by atoms with van der Waals surface area (Å²) in [5.41, 5.74) is 1.32. The summed E-state index contributed by atoms with van der Waals surface area (Å²) in [6.07, 6.45) is 0. The maximum absolute atomic E-state index is 12.8. The van der Waals surface area contributed by atoms with Gasteiger partial charge in [0.05, 0.1) is 6.61 Å². The molecule has 0 fully saturated rings. The maximum atomic E-state index is 12.8. The minimum absolute atomic E-state index is 0.0150. The first-order valence-corrected chi connectivity index (χ1v) is 5.33. The van der Waals surface area contributed by atoms with Crippen molar-refractivity contribution >= 4 is 11.6 Å². The lowest BCUT2D eigenvalue weighted by Crippen LogP contribution is -2.14. The van der Waals surface area contributed by atoms with Gasteiger partial charge in [0.25, 0.3) is 5.91 Å². The number of carbonyl (C=O) groups is 1. The SMILES string of the molecule is O=C(Nc1ccc(CO)cc1)c1cccc(F)n1. The molecule has 0 spiro atoms. The van der Waals surface area contributed by atoms with Crippen LogP contribution in [0.1, 0.15) is 16.1 Å². The number of aromatic nitrogens is 1. The van der Waals surface area contributed by atoms with Crippen LogP contribution in [0, 0.1) is 5.95 Å². The molecule has 1 amide bonds. The van der Waals surface area contributed by atoms with Crippen molar-refractivity contribution in [2.45, 2.75) is 6.61 Å². The second kappa shape index (κ2) is 5.37. The Labute approximate surface area is 103 Å². The molecule has 18 heavy (non-hydrogen) atoms. The third kappa shape index (κ3) is 2.89. The molecule has 1 heterocycles. The van der Waals surface area contributed by atoms with Crippen molar-refractivity contribution in [2.75, 3.05) is 5.32 Å². The molecule has 4 nitrogen and oxygen atoms in total. The Morgan fingerprint density at radius 3 is 2.56 bits per heavy atom. The highest BCUT2D eigenvalue weighted by atomic mass is 19.1. The normalized spacial score (nSPS) is 10.1. The van der Waals surface area contributed by atoms with E-state index in [2.05, 4.69) is 10.3 Å². The Bertz CT molecular complexity index is 555. The maximum Gasteiger partial charge on any atom is 0.274 e. The molecule has 2 aromatic rings. The number of anilines is 1. The van der Waals surface area contributed by atoms with Crippen LogP contribution in [-0.2, 0) is 6.61 Å². The highest BCUT2D eigenvalue weighted by molar-refractivity contribution is 6.02. The number of carbonyl (C=O) groups excluding carboxylic acids is 1. The van der Waals surface area contributed by atoms with E-state index in [1.807, 2.05) is 0 Å². The van der Waals surface area contributed by atoms with Crippen molar-refractivity contribution in [3.8, 4) is 0 Å². The molecule has 0 unspecified atom stereocenters. The van der Waals surface area contributed by atoms with Crippen molar-refractivity contribution in [1.82, 2.24) is 4.98 Å². The summed E-state index contributed by atoms with van der Waals surface area (Å²) in [6, 6.07) is 10.7. The number of hydrogen-bond donors (Lipinski definition) is 2. The van der Waals surface area contributed by atoms with Gasteiger partial charge in [-0.25, -0.2) is 4.98 Å². The van der Waals surface area contributed by atoms with E-state index in [4.69, 9.17) is 5.11 Å². The average Bonchev–Trinajstić information content (AvgIpc) is 2.39. The van der Waals surface area contributed by atoms with Crippen LogP contribution in [0.4, 0.5) is 10.1 Å². The number of rotatable bonds is 3. The fraction of sp³-hybridized carbons (Fsp3) is 0.0769. The molecule has 0 saturated carbocycles. The number of nitrogens with one attached hydrogen (secondary N) is 1.